The molecule has 2 aliphatic heterocycles. The van der Waals surface area contributed by atoms with E-state index in [4.69, 9.17) is 24.3 Å². The highest BCUT2D eigenvalue weighted by Crippen LogP contribution is 2.42. The van der Waals surface area contributed by atoms with E-state index < -0.39 is 21.6 Å². The van der Waals surface area contributed by atoms with Crippen LogP contribution in [0.25, 0.3) is 0 Å². The van der Waals surface area contributed by atoms with E-state index in [2.05, 4.69) is 0 Å². The van der Waals surface area contributed by atoms with Crippen LogP contribution in [-0.2, 0) is 29.6 Å². The van der Waals surface area contributed by atoms with Gasteiger partial charge in [-0.2, -0.15) is 23.9 Å². The number of ether oxygens (including phenoxy) is 1. The van der Waals surface area contributed by atoms with E-state index in [9.17, 15) is 8.42 Å². The number of benzene rings is 1. The van der Waals surface area contributed by atoms with Crippen molar-refractivity contribution in [3.8, 4) is 5.75 Å². The Balaban J connectivity index is 1.38. The first-order valence-corrected chi connectivity index (χ1v) is 10.8. The molecule has 4 rings (SSSR count). The van der Waals surface area contributed by atoms with Crippen molar-refractivity contribution < 1.29 is 32.7 Å². The summed E-state index contributed by atoms with van der Waals surface area (Å²) in [5, 5.41) is 0. The van der Waals surface area contributed by atoms with E-state index in [0.29, 0.717) is 18.6 Å². The van der Waals surface area contributed by atoms with Gasteiger partial charge in [0, 0.05) is 38.8 Å². The lowest BCUT2D eigenvalue weighted by atomic mass is 9.94. The van der Waals surface area contributed by atoms with Gasteiger partial charge in [-0.05, 0) is 37.1 Å². The molecule has 27 heavy (non-hydrogen) atoms. The second-order valence-electron chi connectivity index (χ2n) is 7.29. The second-order valence-corrected chi connectivity index (χ2v) is 9.23. The summed E-state index contributed by atoms with van der Waals surface area (Å²) in [5.41, 5.74) is 0. The topological polar surface area (TPSA) is 83.5 Å². The van der Waals surface area contributed by atoms with Crippen LogP contribution in [0.4, 0.5) is 0 Å². The van der Waals surface area contributed by atoms with Gasteiger partial charge in [-0.15, -0.1) is 0 Å². The summed E-state index contributed by atoms with van der Waals surface area (Å²) in [6, 6.07) is 6.37. The molecule has 0 amide bonds. The van der Waals surface area contributed by atoms with Crippen LogP contribution in [0, 0.1) is 0 Å². The molecule has 1 aromatic rings. The number of methoxy groups -OCH3 is 1. The molecule has 2 spiro atoms. The van der Waals surface area contributed by atoms with Gasteiger partial charge < -0.3 is 4.74 Å². The van der Waals surface area contributed by atoms with Crippen molar-refractivity contribution in [2.24, 2.45) is 0 Å². The Bertz CT molecular complexity index is 738. The van der Waals surface area contributed by atoms with Gasteiger partial charge in [-0.3, -0.25) is 0 Å². The lowest BCUT2D eigenvalue weighted by Crippen LogP contribution is -2.56. The van der Waals surface area contributed by atoms with Gasteiger partial charge in [0.2, 0.25) is 21.6 Å². The Morgan fingerprint density at radius 3 is 1.89 bits per heavy atom. The molecule has 3 aliphatic rings. The van der Waals surface area contributed by atoms with Gasteiger partial charge in [0.25, 0.3) is 0 Å². The van der Waals surface area contributed by atoms with Crippen molar-refractivity contribution in [1.29, 1.82) is 0 Å². The number of piperidine rings is 1. The number of rotatable bonds is 3. The summed E-state index contributed by atoms with van der Waals surface area (Å²) in [7, 11) is -2.04. The predicted molar refractivity (Wildman–Crippen MR) is 93.9 cm³/mol. The summed E-state index contributed by atoms with van der Waals surface area (Å²) in [4.78, 5) is 22.7. The zero-order valence-corrected chi connectivity index (χ0v) is 16.2. The minimum Gasteiger partial charge on any atom is -0.497 e. The molecular formula is C18H25NO7S. The lowest BCUT2D eigenvalue weighted by molar-refractivity contribution is -0.662. The van der Waals surface area contributed by atoms with Crippen molar-refractivity contribution in [1.82, 2.24) is 4.31 Å². The molecule has 0 aromatic heterocycles. The molecular weight excluding hydrogens is 374 g/mol. The molecule has 0 N–H and O–H groups in total. The first kappa shape index (κ1) is 19.1. The number of hydrogen-bond donors (Lipinski definition) is 0. The van der Waals surface area contributed by atoms with Crippen molar-refractivity contribution in [3.63, 3.8) is 0 Å². The van der Waals surface area contributed by atoms with Gasteiger partial charge >= 0.3 is 0 Å². The first-order valence-electron chi connectivity index (χ1n) is 9.35. The second kappa shape index (κ2) is 7.31. The van der Waals surface area contributed by atoms with Crippen LogP contribution in [0.3, 0.4) is 0 Å². The van der Waals surface area contributed by atoms with Crippen LogP contribution >= 0.6 is 0 Å². The van der Waals surface area contributed by atoms with Crippen LogP contribution in [0.15, 0.2) is 29.2 Å². The van der Waals surface area contributed by atoms with Crippen LogP contribution in [0.1, 0.15) is 44.9 Å². The van der Waals surface area contributed by atoms with Gasteiger partial charge in [-0.1, -0.05) is 6.42 Å². The highest BCUT2D eigenvalue weighted by molar-refractivity contribution is 7.89. The van der Waals surface area contributed by atoms with E-state index >= 15 is 0 Å². The van der Waals surface area contributed by atoms with Crippen LogP contribution in [0.2, 0.25) is 0 Å². The highest BCUT2D eigenvalue weighted by atomic mass is 32.2. The maximum Gasteiger partial charge on any atom is 0.243 e. The maximum atomic E-state index is 12.8. The fraction of sp³-hybridized carbons (Fsp3) is 0.667. The predicted octanol–water partition coefficient (Wildman–Crippen LogP) is 2.75. The Kier molecular flexibility index (Phi) is 5.17. The van der Waals surface area contributed by atoms with Crippen molar-refractivity contribution in [2.45, 2.75) is 61.4 Å². The average Bonchev–Trinajstić information content (AvgIpc) is 2.72. The number of nitrogens with zero attached hydrogens (tertiary/aromatic N) is 1. The fourth-order valence-electron chi connectivity index (χ4n) is 3.72. The van der Waals surface area contributed by atoms with E-state index in [0.717, 1.165) is 32.1 Å². The fourth-order valence-corrected chi connectivity index (χ4v) is 5.16. The van der Waals surface area contributed by atoms with E-state index in [-0.39, 0.29) is 18.0 Å². The van der Waals surface area contributed by atoms with Crippen LogP contribution in [0.5, 0.6) is 5.75 Å². The number of hydrogen-bond acceptors (Lipinski definition) is 7. The van der Waals surface area contributed by atoms with Crippen molar-refractivity contribution in [2.75, 3.05) is 20.2 Å². The van der Waals surface area contributed by atoms with E-state index in [1.54, 1.807) is 31.4 Å². The Hall–Kier alpha value is -1.23. The molecule has 2 heterocycles. The minimum atomic E-state index is -3.58. The Morgan fingerprint density at radius 2 is 1.37 bits per heavy atom. The quantitative estimate of drug-likeness (QED) is 0.723. The number of sulfonamides is 1. The SMILES string of the molecule is COc1ccc(S(=O)(=O)N2CCC3(CC2)OOC2(CCCCC2)OO3)cc1. The molecule has 9 heteroatoms. The standard InChI is InChI=1S/C18H25NO7S/c1-22-15-5-7-16(8-6-15)27(20,21)19-13-11-18(12-14-19)25-23-17(24-26-18)9-3-2-4-10-17/h5-8H,2-4,9-14H2,1H3. The molecule has 0 bridgehead atoms. The zero-order valence-electron chi connectivity index (χ0n) is 15.4. The third-order valence-corrected chi connectivity index (χ3v) is 7.40. The molecule has 1 aromatic carbocycles. The molecule has 1 aliphatic carbocycles. The first-order chi connectivity index (χ1) is 13.0. The van der Waals surface area contributed by atoms with Crippen molar-refractivity contribution in [3.05, 3.63) is 24.3 Å². The smallest absolute Gasteiger partial charge is 0.243 e. The molecule has 0 radical (unpaired) electrons. The third kappa shape index (κ3) is 3.72. The summed E-state index contributed by atoms with van der Waals surface area (Å²) in [6.45, 7) is 0.516. The van der Waals surface area contributed by atoms with Crippen LogP contribution in [-0.4, -0.2) is 44.5 Å². The van der Waals surface area contributed by atoms with Crippen LogP contribution < -0.4 is 4.74 Å². The van der Waals surface area contributed by atoms with Gasteiger partial charge in [-0.25, -0.2) is 8.42 Å². The summed E-state index contributed by atoms with van der Waals surface area (Å²) in [6.07, 6.45) is 5.30. The average molecular weight is 399 g/mol. The lowest BCUT2D eigenvalue weighted by Gasteiger charge is -2.46. The molecule has 2 saturated heterocycles. The summed E-state index contributed by atoms with van der Waals surface area (Å²) >= 11 is 0. The highest BCUT2D eigenvalue weighted by Gasteiger charge is 2.51. The largest absolute Gasteiger partial charge is 0.497 e. The van der Waals surface area contributed by atoms with Crippen molar-refractivity contribution >= 4 is 10.0 Å². The third-order valence-electron chi connectivity index (χ3n) is 5.49. The van der Waals surface area contributed by atoms with Gasteiger partial charge in [0.05, 0.1) is 12.0 Å². The maximum absolute atomic E-state index is 12.8. The van der Waals surface area contributed by atoms with E-state index in [1.165, 1.54) is 4.31 Å². The van der Waals surface area contributed by atoms with E-state index in [1.807, 2.05) is 0 Å². The Labute approximate surface area is 159 Å². The monoisotopic (exact) mass is 399 g/mol. The molecule has 3 fully saturated rings. The zero-order chi connectivity index (χ0) is 19.0. The molecule has 1 saturated carbocycles. The molecule has 0 atom stereocenters. The Morgan fingerprint density at radius 1 is 0.852 bits per heavy atom. The molecule has 150 valence electrons. The molecule has 0 unspecified atom stereocenters. The summed E-state index contributed by atoms with van der Waals surface area (Å²) < 4.78 is 32.2. The normalized spacial score (nSPS) is 25.5. The minimum absolute atomic E-state index is 0.235. The van der Waals surface area contributed by atoms with Gasteiger partial charge in [0.15, 0.2) is 0 Å². The summed E-state index contributed by atoms with van der Waals surface area (Å²) in [5.74, 6) is -1.24. The van der Waals surface area contributed by atoms with Gasteiger partial charge in [0.1, 0.15) is 5.75 Å². The molecule has 8 nitrogen and oxygen atoms in total.